The van der Waals surface area contributed by atoms with Gasteiger partial charge in [0.15, 0.2) is 0 Å². The third kappa shape index (κ3) is 3.48. The average molecular weight is 399 g/mol. The molecule has 0 unspecified atom stereocenters. The molecule has 26 heavy (non-hydrogen) atoms. The summed E-state index contributed by atoms with van der Waals surface area (Å²) in [7, 11) is -2.73. The highest BCUT2D eigenvalue weighted by Crippen LogP contribution is 2.61. The number of halogens is 1. The molecule has 144 valence electrons. The fourth-order valence-corrected chi connectivity index (χ4v) is 7.68. The van der Waals surface area contributed by atoms with E-state index in [1.54, 1.807) is 28.9 Å². The fraction of sp³-hybridized carbons (Fsp3) is 0.556. The zero-order chi connectivity index (χ0) is 19.3. The van der Waals surface area contributed by atoms with E-state index in [2.05, 4.69) is 9.34 Å². The lowest BCUT2D eigenvalue weighted by Gasteiger charge is -2.47. The third-order valence-corrected chi connectivity index (χ3v) is 8.98. The Hall–Kier alpha value is -1.20. The van der Waals surface area contributed by atoms with Crippen molar-refractivity contribution in [1.82, 2.24) is 14.0 Å². The first-order valence-electron chi connectivity index (χ1n) is 9.16. The van der Waals surface area contributed by atoms with Crippen molar-refractivity contribution in [3.63, 3.8) is 0 Å². The summed E-state index contributed by atoms with van der Waals surface area (Å²) < 4.78 is 10.8. The number of rotatable bonds is 8. The summed E-state index contributed by atoms with van der Waals surface area (Å²) in [6, 6.07) is 6.94. The average Bonchev–Trinajstić information content (AvgIpc) is 2.74. The predicted molar refractivity (Wildman–Crippen MR) is 108 cm³/mol. The molecule has 0 atom stereocenters. The van der Waals surface area contributed by atoms with Gasteiger partial charge in [0.1, 0.15) is 0 Å². The minimum absolute atomic E-state index is 0.164. The monoisotopic (exact) mass is 398 g/mol. The number of hydrogen-bond donors (Lipinski definition) is 0. The first-order valence-corrected chi connectivity index (χ1v) is 11.3. The number of fused-ring (bicyclic) bond motifs is 1. The van der Waals surface area contributed by atoms with E-state index in [-0.39, 0.29) is 11.8 Å². The predicted octanol–water partition coefficient (Wildman–Crippen LogP) is 4.15. The molecule has 1 aromatic rings. The van der Waals surface area contributed by atoms with Crippen molar-refractivity contribution in [2.75, 3.05) is 38.6 Å². The van der Waals surface area contributed by atoms with Crippen molar-refractivity contribution in [3.8, 4) is 0 Å². The lowest BCUT2D eigenvalue weighted by atomic mass is 10.1. The largest absolute Gasteiger partial charge is 0.280 e. The van der Waals surface area contributed by atoms with Gasteiger partial charge in [0.25, 0.3) is 11.8 Å². The van der Waals surface area contributed by atoms with Crippen molar-refractivity contribution in [3.05, 3.63) is 35.4 Å². The van der Waals surface area contributed by atoms with Crippen LogP contribution in [0.15, 0.2) is 29.0 Å². The van der Waals surface area contributed by atoms with Gasteiger partial charge in [-0.15, -0.1) is 11.6 Å². The number of alkyl halides is 1. The summed E-state index contributed by atoms with van der Waals surface area (Å²) in [6.45, 7) is 11.3. The highest BCUT2D eigenvalue weighted by Gasteiger charge is 2.44. The minimum atomic E-state index is -2.73. The lowest BCUT2D eigenvalue weighted by molar-refractivity contribution is 0.0852. The van der Waals surface area contributed by atoms with Crippen LogP contribution >= 0.6 is 19.1 Å². The van der Waals surface area contributed by atoms with Gasteiger partial charge in [0.2, 0.25) is 7.51 Å². The maximum atomic E-state index is 13.5. The zero-order valence-electron chi connectivity index (χ0n) is 16.0. The number of nitrogens with zero attached hydrogens (tertiary/aromatic N) is 4. The molecule has 8 heteroatoms. The summed E-state index contributed by atoms with van der Waals surface area (Å²) >= 11 is 6.09. The molecule has 0 N–H and O–H groups in total. The van der Waals surface area contributed by atoms with E-state index in [4.69, 9.17) is 16.3 Å². The van der Waals surface area contributed by atoms with Crippen LogP contribution in [0.3, 0.4) is 0 Å². The zero-order valence-corrected chi connectivity index (χ0v) is 17.6. The van der Waals surface area contributed by atoms with Crippen molar-refractivity contribution < 1.29 is 9.59 Å². The molecular formula is C18H28ClN4O2P. The first-order chi connectivity index (χ1) is 12.5. The van der Waals surface area contributed by atoms with Crippen molar-refractivity contribution >= 4 is 30.9 Å². The summed E-state index contributed by atoms with van der Waals surface area (Å²) in [4.78, 5) is 26.6. The summed E-state index contributed by atoms with van der Waals surface area (Å²) in [5.41, 5.74) is 0.783. The number of hydrogen-bond acceptors (Lipinski definition) is 4. The maximum Gasteiger partial charge on any atom is 0.280 e. The van der Waals surface area contributed by atoms with Gasteiger partial charge in [-0.2, -0.15) is 4.74 Å². The molecular weight excluding hydrogens is 371 g/mol. The first kappa shape index (κ1) is 21.1. The molecule has 0 bridgehead atoms. The highest BCUT2D eigenvalue weighted by atomic mass is 35.5. The summed E-state index contributed by atoms with van der Waals surface area (Å²) in [5, 5.41) is 0. The number of amides is 2. The molecule has 0 fully saturated rings. The maximum absolute atomic E-state index is 13.5. The van der Waals surface area contributed by atoms with E-state index >= 15 is 0 Å². The number of carbonyl (C=O) groups excluding carboxylic acids is 2. The third-order valence-electron chi connectivity index (χ3n) is 4.69. The Morgan fingerprint density at radius 2 is 1.46 bits per heavy atom. The molecule has 1 aliphatic heterocycles. The van der Waals surface area contributed by atoms with Crippen LogP contribution in [0, 0.1) is 0 Å². The van der Waals surface area contributed by atoms with Crippen LogP contribution in [0.4, 0.5) is 0 Å². The van der Waals surface area contributed by atoms with Gasteiger partial charge in [-0.1, -0.05) is 39.8 Å². The van der Waals surface area contributed by atoms with E-state index in [1.165, 1.54) is 0 Å². The van der Waals surface area contributed by atoms with Gasteiger partial charge in [-0.25, -0.2) is 9.34 Å². The number of benzene rings is 1. The van der Waals surface area contributed by atoms with E-state index in [0.29, 0.717) is 49.7 Å². The Morgan fingerprint density at radius 1 is 0.962 bits per heavy atom. The second kappa shape index (κ2) is 9.14. The molecule has 0 saturated carbocycles. The number of carbonyl (C=O) groups is 2. The van der Waals surface area contributed by atoms with Crippen LogP contribution in [0.2, 0.25) is 0 Å². The Balaban J connectivity index is 2.86. The van der Waals surface area contributed by atoms with E-state index in [9.17, 15) is 9.59 Å². The smallest absolute Gasteiger partial charge is 0.280 e. The van der Waals surface area contributed by atoms with Crippen LogP contribution in [0.5, 0.6) is 0 Å². The molecule has 0 saturated heterocycles. The Labute approximate surface area is 161 Å². The Kier molecular flexibility index (Phi) is 7.42. The van der Waals surface area contributed by atoms with Crippen LogP contribution in [-0.2, 0) is 0 Å². The fourth-order valence-electron chi connectivity index (χ4n) is 3.48. The van der Waals surface area contributed by atoms with Gasteiger partial charge >= 0.3 is 0 Å². The molecule has 1 aliphatic rings. The molecule has 0 spiro atoms. The lowest BCUT2D eigenvalue weighted by Crippen LogP contribution is -2.44. The van der Waals surface area contributed by atoms with Gasteiger partial charge in [0.05, 0.1) is 11.1 Å². The van der Waals surface area contributed by atoms with Crippen LogP contribution in [0.25, 0.3) is 0 Å². The summed E-state index contributed by atoms with van der Waals surface area (Å²) in [6.07, 6.45) is 0. The topological polar surface area (TPSA) is 56.2 Å². The van der Waals surface area contributed by atoms with Crippen LogP contribution in [0.1, 0.15) is 48.4 Å². The molecule has 2 rings (SSSR count). The van der Waals surface area contributed by atoms with E-state index in [0.717, 1.165) is 0 Å². The molecule has 6 nitrogen and oxygen atoms in total. The van der Waals surface area contributed by atoms with E-state index < -0.39 is 7.51 Å². The molecule has 0 aromatic heterocycles. The second-order valence-corrected chi connectivity index (χ2v) is 9.15. The van der Waals surface area contributed by atoms with Gasteiger partial charge in [-0.05, 0) is 12.1 Å². The molecule has 0 aliphatic carbocycles. The quantitative estimate of drug-likeness (QED) is 0.487. The van der Waals surface area contributed by atoms with Crippen molar-refractivity contribution in [2.24, 2.45) is 4.74 Å². The Morgan fingerprint density at radius 3 is 1.92 bits per heavy atom. The normalized spacial score (nSPS) is 16.7. The second-order valence-electron chi connectivity index (χ2n) is 5.88. The summed E-state index contributed by atoms with van der Waals surface area (Å²) in [5.74, 6) is -0.192. The molecule has 0 radical (unpaired) electrons. The van der Waals surface area contributed by atoms with Crippen LogP contribution < -0.4 is 0 Å². The van der Waals surface area contributed by atoms with E-state index in [1.807, 2.05) is 27.7 Å². The van der Waals surface area contributed by atoms with Gasteiger partial charge in [0, 0.05) is 38.6 Å². The molecule has 1 aromatic carbocycles. The van der Waals surface area contributed by atoms with Crippen molar-refractivity contribution in [1.29, 1.82) is 0 Å². The Bertz CT molecular complexity index is 701. The van der Waals surface area contributed by atoms with Gasteiger partial charge < -0.3 is 0 Å². The molecule has 1 heterocycles. The standard InChI is InChI=1S/C18H28ClN4O2P/c1-5-21(6-2)26(22(7-3)8-4)20-17(24)15-11-9-10-12-16(15)18(25)23(26)14-13-19/h9-12H,5-8,13-14H2,1-4H3. The van der Waals surface area contributed by atoms with Crippen LogP contribution in [-0.4, -0.2) is 64.4 Å². The van der Waals surface area contributed by atoms with Crippen molar-refractivity contribution in [2.45, 2.75) is 27.7 Å². The minimum Gasteiger partial charge on any atom is -0.280 e. The van der Waals surface area contributed by atoms with Gasteiger partial charge in [-0.3, -0.25) is 14.3 Å². The molecule has 2 amide bonds. The SMILES string of the molecule is CCN(CC)P1(N(CC)CC)=NC(=O)c2ccccc2C(=O)N1CCCl. The highest BCUT2D eigenvalue weighted by molar-refractivity contribution is 7.60.